The molecule has 1 N–H and O–H groups in total. The number of furan rings is 1. The molecule has 7 heteroatoms. The number of carbonyl (C=O) groups excluding carboxylic acids is 1. The number of rotatable bonds is 3. The van der Waals surface area contributed by atoms with E-state index in [1.807, 2.05) is 9.58 Å². The van der Waals surface area contributed by atoms with E-state index < -0.39 is 0 Å². The predicted molar refractivity (Wildman–Crippen MR) is 86.2 cm³/mol. The maximum atomic E-state index is 12.4. The van der Waals surface area contributed by atoms with Gasteiger partial charge in [-0.25, -0.2) is 0 Å². The largest absolute Gasteiger partial charge is 0.472 e. The van der Waals surface area contributed by atoms with Crippen LogP contribution in [0, 0.1) is 0 Å². The summed E-state index contributed by atoms with van der Waals surface area (Å²) >= 11 is 0. The Bertz CT molecular complexity index is 709. The Kier molecular flexibility index (Phi) is 4.12. The van der Waals surface area contributed by atoms with Gasteiger partial charge in [-0.15, -0.1) is 0 Å². The van der Waals surface area contributed by atoms with E-state index in [4.69, 9.17) is 4.42 Å². The van der Waals surface area contributed by atoms with Crippen molar-refractivity contribution in [2.45, 2.75) is 38.6 Å². The van der Waals surface area contributed by atoms with Crippen LogP contribution in [0.3, 0.4) is 0 Å². The average Bonchev–Trinajstić information content (AvgIpc) is 3.22. The number of hydrogen-bond donors (Lipinski definition) is 1. The second-order valence-electron chi connectivity index (χ2n) is 6.62. The van der Waals surface area contributed by atoms with E-state index in [9.17, 15) is 9.90 Å². The summed E-state index contributed by atoms with van der Waals surface area (Å²) < 4.78 is 7.00. The number of fused-ring (bicyclic) bond motifs is 1. The number of aliphatic hydroxyl groups excluding tert-OH is 1. The molecule has 1 fully saturated rings. The molecule has 2 aromatic heterocycles. The first-order chi connectivity index (χ1) is 11.7. The van der Waals surface area contributed by atoms with Gasteiger partial charge in [0.25, 0.3) is 5.91 Å². The molecular formula is C17H22N4O3. The molecule has 128 valence electrons. The van der Waals surface area contributed by atoms with Crippen molar-refractivity contribution in [2.75, 3.05) is 19.6 Å². The highest BCUT2D eigenvalue weighted by Gasteiger charge is 2.25. The van der Waals surface area contributed by atoms with Gasteiger partial charge in [-0.3, -0.25) is 14.4 Å². The number of piperidine rings is 1. The minimum atomic E-state index is -0.223. The van der Waals surface area contributed by atoms with E-state index in [1.165, 1.54) is 12.5 Å². The van der Waals surface area contributed by atoms with Crippen molar-refractivity contribution >= 4 is 5.91 Å². The Labute approximate surface area is 140 Å². The topological polar surface area (TPSA) is 74.7 Å². The lowest BCUT2D eigenvalue weighted by molar-refractivity contribution is 0.0661. The average molecular weight is 330 g/mol. The number of nitrogens with zero attached hydrogens (tertiary/aromatic N) is 4. The van der Waals surface area contributed by atoms with E-state index in [0.29, 0.717) is 31.7 Å². The minimum absolute atomic E-state index is 0.00287. The maximum absolute atomic E-state index is 12.4. The van der Waals surface area contributed by atoms with Crippen LogP contribution in [0.15, 0.2) is 29.1 Å². The van der Waals surface area contributed by atoms with Gasteiger partial charge < -0.3 is 14.4 Å². The fourth-order valence-corrected chi connectivity index (χ4v) is 3.55. The molecule has 4 heterocycles. The highest BCUT2D eigenvalue weighted by atomic mass is 16.3. The van der Waals surface area contributed by atoms with Crippen molar-refractivity contribution in [3.05, 3.63) is 41.6 Å². The second kappa shape index (κ2) is 6.41. The molecule has 0 aromatic carbocycles. The lowest BCUT2D eigenvalue weighted by Crippen LogP contribution is -2.38. The molecule has 2 aliphatic heterocycles. The number of β-amino-alcohol motifs (C(OH)–C–C–N with tert-alkyl or cyclic N) is 1. The molecule has 0 spiro atoms. The van der Waals surface area contributed by atoms with Gasteiger partial charge in [0.05, 0.1) is 42.4 Å². The van der Waals surface area contributed by atoms with Gasteiger partial charge in [-0.05, 0) is 31.5 Å². The lowest BCUT2D eigenvalue weighted by Gasteiger charge is -2.29. The highest BCUT2D eigenvalue weighted by Crippen LogP contribution is 2.19. The van der Waals surface area contributed by atoms with E-state index in [-0.39, 0.29) is 12.0 Å². The standard InChI is InChI=1S/C17H22N4O3/c22-16-2-1-4-19(11-16)9-14-8-15-10-20(5-6-21(15)18-14)17(23)13-3-7-24-12-13/h3,7-8,12,16,22H,1-2,4-6,9-11H2. The van der Waals surface area contributed by atoms with Gasteiger partial charge in [0.2, 0.25) is 0 Å². The summed E-state index contributed by atoms with van der Waals surface area (Å²) in [5.41, 5.74) is 2.66. The van der Waals surface area contributed by atoms with Crippen LogP contribution < -0.4 is 0 Å². The summed E-state index contributed by atoms with van der Waals surface area (Å²) in [5.74, 6) is -0.00287. The van der Waals surface area contributed by atoms with E-state index in [2.05, 4.69) is 16.1 Å². The molecule has 4 rings (SSSR count). The summed E-state index contributed by atoms with van der Waals surface area (Å²) in [7, 11) is 0. The Hall–Kier alpha value is -2.12. The van der Waals surface area contributed by atoms with Crippen LogP contribution in [0.4, 0.5) is 0 Å². The molecule has 7 nitrogen and oxygen atoms in total. The van der Waals surface area contributed by atoms with Crippen LogP contribution in [0.25, 0.3) is 0 Å². The fourth-order valence-electron chi connectivity index (χ4n) is 3.55. The Morgan fingerprint density at radius 3 is 3.08 bits per heavy atom. The van der Waals surface area contributed by atoms with Gasteiger partial charge >= 0.3 is 0 Å². The van der Waals surface area contributed by atoms with Crippen molar-refractivity contribution in [1.29, 1.82) is 0 Å². The van der Waals surface area contributed by atoms with Crippen molar-refractivity contribution in [1.82, 2.24) is 19.6 Å². The number of amides is 1. The summed E-state index contributed by atoms with van der Waals surface area (Å²) in [6.07, 6.45) is 4.70. The molecular weight excluding hydrogens is 308 g/mol. The molecule has 24 heavy (non-hydrogen) atoms. The summed E-state index contributed by atoms with van der Waals surface area (Å²) in [4.78, 5) is 16.5. The van der Waals surface area contributed by atoms with Crippen LogP contribution in [-0.4, -0.2) is 56.3 Å². The smallest absolute Gasteiger partial charge is 0.257 e. The van der Waals surface area contributed by atoms with E-state index in [1.54, 1.807) is 6.07 Å². The third-order valence-electron chi connectivity index (χ3n) is 4.77. The quantitative estimate of drug-likeness (QED) is 0.912. The first-order valence-electron chi connectivity index (χ1n) is 8.46. The van der Waals surface area contributed by atoms with Crippen LogP contribution in [-0.2, 0) is 19.6 Å². The number of likely N-dealkylation sites (tertiary alicyclic amines) is 1. The maximum Gasteiger partial charge on any atom is 0.257 e. The van der Waals surface area contributed by atoms with Crippen molar-refractivity contribution in [3.8, 4) is 0 Å². The predicted octanol–water partition coefficient (Wildman–Crippen LogP) is 1.09. The van der Waals surface area contributed by atoms with Crippen molar-refractivity contribution in [3.63, 3.8) is 0 Å². The van der Waals surface area contributed by atoms with Gasteiger partial charge in [-0.1, -0.05) is 0 Å². The normalized spacial score (nSPS) is 21.7. The number of carbonyl (C=O) groups is 1. The zero-order chi connectivity index (χ0) is 16.5. The Balaban J connectivity index is 1.43. The van der Waals surface area contributed by atoms with Gasteiger partial charge in [0, 0.05) is 19.6 Å². The SMILES string of the molecule is O=C(c1ccoc1)N1CCn2nc(CN3CCCC(O)C3)cc2C1. The third-order valence-corrected chi connectivity index (χ3v) is 4.77. The molecule has 2 aromatic rings. The molecule has 1 unspecified atom stereocenters. The first-order valence-corrected chi connectivity index (χ1v) is 8.46. The summed E-state index contributed by atoms with van der Waals surface area (Å²) in [6.45, 7) is 4.41. The Morgan fingerprint density at radius 2 is 2.29 bits per heavy atom. The molecule has 1 atom stereocenters. The van der Waals surface area contributed by atoms with Gasteiger partial charge in [0.1, 0.15) is 6.26 Å². The first kappa shape index (κ1) is 15.4. The molecule has 1 amide bonds. The zero-order valence-corrected chi connectivity index (χ0v) is 13.6. The number of aliphatic hydroxyl groups is 1. The van der Waals surface area contributed by atoms with E-state index in [0.717, 1.165) is 37.3 Å². The molecule has 0 saturated carbocycles. The van der Waals surface area contributed by atoms with Crippen LogP contribution in [0.2, 0.25) is 0 Å². The lowest BCUT2D eigenvalue weighted by atomic mass is 10.1. The zero-order valence-electron chi connectivity index (χ0n) is 13.6. The van der Waals surface area contributed by atoms with Gasteiger partial charge in [0.15, 0.2) is 0 Å². The van der Waals surface area contributed by atoms with Gasteiger partial charge in [-0.2, -0.15) is 5.10 Å². The minimum Gasteiger partial charge on any atom is -0.472 e. The summed E-state index contributed by atoms with van der Waals surface area (Å²) in [6, 6.07) is 3.77. The summed E-state index contributed by atoms with van der Waals surface area (Å²) in [5, 5.41) is 14.5. The number of aromatic nitrogens is 2. The Morgan fingerprint density at radius 1 is 1.38 bits per heavy atom. The molecule has 0 radical (unpaired) electrons. The molecule has 0 aliphatic carbocycles. The highest BCUT2D eigenvalue weighted by molar-refractivity contribution is 5.93. The number of hydrogen-bond acceptors (Lipinski definition) is 5. The van der Waals surface area contributed by atoms with Crippen LogP contribution in [0.5, 0.6) is 0 Å². The third kappa shape index (κ3) is 3.09. The van der Waals surface area contributed by atoms with Crippen molar-refractivity contribution in [2.24, 2.45) is 0 Å². The molecule has 0 bridgehead atoms. The van der Waals surface area contributed by atoms with Crippen molar-refractivity contribution < 1.29 is 14.3 Å². The molecule has 2 aliphatic rings. The van der Waals surface area contributed by atoms with Crippen LogP contribution >= 0.6 is 0 Å². The fraction of sp³-hybridized carbons (Fsp3) is 0.529. The monoisotopic (exact) mass is 330 g/mol. The second-order valence-corrected chi connectivity index (χ2v) is 6.62. The van der Waals surface area contributed by atoms with E-state index >= 15 is 0 Å². The van der Waals surface area contributed by atoms with Crippen LogP contribution in [0.1, 0.15) is 34.6 Å². The molecule has 1 saturated heterocycles.